The zero-order valence-electron chi connectivity index (χ0n) is 9.78. The molecule has 1 N–H and O–H groups in total. The fourth-order valence-corrected chi connectivity index (χ4v) is 3.37. The van der Waals surface area contributed by atoms with E-state index in [1.54, 1.807) is 12.1 Å². The van der Waals surface area contributed by atoms with E-state index in [-0.39, 0.29) is 17.1 Å². The van der Waals surface area contributed by atoms with Crippen LogP contribution in [0.5, 0.6) is 5.75 Å². The fourth-order valence-electron chi connectivity index (χ4n) is 2.53. The molecule has 20 heavy (non-hydrogen) atoms. The van der Waals surface area contributed by atoms with Gasteiger partial charge in [-0.3, -0.25) is 4.79 Å². The lowest BCUT2D eigenvalue weighted by Crippen LogP contribution is -2.09. The summed E-state index contributed by atoms with van der Waals surface area (Å²) >= 11 is 6.61. The first kappa shape index (κ1) is 12.1. The van der Waals surface area contributed by atoms with Crippen LogP contribution in [0.15, 0.2) is 37.7 Å². The number of aromatic hydroxyl groups is 1. The number of rotatable bonds is 0. The summed E-state index contributed by atoms with van der Waals surface area (Å²) in [5, 5.41) is 14.8. The van der Waals surface area contributed by atoms with Crippen molar-refractivity contribution in [3.8, 4) is 17.1 Å². The second-order valence-corrected chi connectivity index (χ2v) is 6.05. The topological polar surface area (TPSA) is 63.3 Å². The lowest BCUT2D eigenvalue weighted by Gasteiger charge is -2.15. The van der Waals surface area contributed by atoms with Gasteiger partial charge in [-0.25, -0.2) is 0 Å². The van der Waals surface area contributed by atoms with Crippen LogP contribution in [0.1, 0.15) is 15.9 Å². The first-order valence-electron chi connectivity index (χ1n) is 5.74. The Kier molecular flexibility index (Phi) is 2.38. The number of carbonyl (C=O) groups is 1. The molecule has 1 heterocycles. The molecule has 4 nitrogen and oxygen atoms in total. The van der Waals surface area contributed by atoms with Gasteiger partial charge in [-0.05, 0) is 31.9 Å². The highest BCUT2D eigenvalue weighted by molar-refractivity contribution is 9.13. The van der Waals surface area contributed by atoms with Gasteiger partial charge in [-0.2, -0.15) is 0 Å². The van der Waals surface area contributed by atoms with Crippen LogP contribution in [-0.4, -0.2) is 16.0 Å². The molecule has 4 rings (SSSR count). The summed E-state index contributed by atoms with van der Waals surface area (Å²) in [7, 11) is 0. The Morgan fingerprint density at radius 3 is 2.55 bits per heavy atom. The van der Waals surface area contributed by atoms with Crippen LogP contribution in [-0.2, 0) is 0 Å². The van der Waals surface area contributed by atoms with Crippen molar-refractivity contribution in [2.45, 2.75) is 0 Å². The van der Waals surface area contributed by atoms with Gasteiger partial charge >= 0.3 is 0 Å². The number of aromatic nitrogens is 1. The van der Waals surface area contributed by atoms with E-state index in [0.717, 1.165) is 0 Å². The Morgan fingerprint density at radius 2 is 1.80 bits per heavy atom. The summed E-state index contributed by atoms with van der Waals surface area (Å²) in [6, 6.07) is 7.13. The number of phenolic OH excluding ortho intramolecular Hbond substituents is 1. The molecule has 0 saturated carbocycles. The van der Waals surface area contributed by atoms with Gasteiger partial charge in [0.05, 0.1) is 19.9 Å². The maximum absolute atomic E-state index is 12.6. The number of fused-ring (bicyclic) bond motifs is 2. The number of ketones is 1. The molecular formula is C14H5Br2NO3. The van der Waals surface area contributed by atoms with E-state index < -0.39 is 0 Å². The van der Waals surface area contributed by atoms with E-state index in [9.17, 15) is 9.90 Å². The minimum Gasteiger partial charge on any atom is -0.506 e. The van der Waals surface area contributed by atoms with Crippen molar-refractivity contribution in [1.29, 1.82) is 0 Å². The number of carbonyl (C=O) groups excluding carboxylic acids is 1. The van der Waals surface area contributed by atoms with Crippen molar-refractivity contribution >= 4 is 48.5 Å². The Labute approximate surface area is 129 Å². The van der Waals surface area contributed by atoms with Gasteiger partial charge in [0, 0.05) is 11.1 Å². The predicted molar refractivity (Wildman–Crippen MR) is 79.9 cm³/mol. The highest BCUT2D eigenvalue weighted by atomic mass is 79.9. The molecule has 0 spiro atoms. The Morgan fingerprint density at radius 1 is 1.10 bits per heavy atom. The molecule has 1 aromatic heterocycles. The molecule has 0 fully saturated rings. The Bertz CT molecular complexity index is 914. The molecule has 0 atom stereocenters. The second-order valence-electron chi connectivity index (χ2n) is 4.46. The molecule has 0 aliphatic heterocycles. The molecule has 0 saturated heterocycles. The molecule has 98 valence electrons. The molecule has 2 aromatic carbocycles. The van der Waals surface area contributed by atoms with Crippen molar-refractivity contribution in [2.24, 2.45) is 0 Å². The van der Waals surface area contributed by atoms with Crippen LogP contribution in [0.4, 0.5) is 0 Å². The van der Waals surface area contributed by atoms with E-state index in [1.165, 1.54) is 0 Å². The third kappa shape index (κ3) is 1.30. The normalized spacial score (nSPS) is 12.8. The van der Waals surface area contributed by atoms with Crippen molar-refractivity contribution in [2.75, 3.05) is 0 Å². The maximum Gasteiger partial charge on any atom is 0.198 e. The predicted octanol–water partition coefficient (Wildman–Crippen LogP) is 4.27. The zero-order valence-corrected chi connectivity index (χ0v) is 12.9. The summed E-state index contributed by atoms with van der Waals surface area (Å²) in [4.78, 5) is 12.6. The van der Waals surface area contributed by atoms with E-state index in [0.29, 0.717) is 36.7 Å². The highest BCUT2D eigenvalue weighted by Gasteiger charge is 2.33. The van der Waals surface area contributed by atoms with Gasteiger partial charge in [0.25, 0.3) is 0 Å². The lowest BCUT2D eigenvalue weighted by molar-refractivity contribution is 0.103. The smallest absolute Gasteiger partial charge is 0.198 e. The van der Waals surface area contributed by atoms with Crippen LogP contribution >= 0.6 is 31.9 Å². The number of benzene rings is 2. The quantitative estimate of drug-likeness (QED) is 0.483. The second kappa shape index (κ2) is 3.93. The molecule has 1 aliphatic rings. The molecular weight excluding hydrogens is 390 g/mol. The van der Waals surface area contributed by atoms with Gasteiger partial charge in [0.2, 0.25) is 0 Å². The minimum atomic E-state index is -0.230. The van der Waals surface area contributed by atoms with Gasteiger partial charge in [-0.1, -0.05) is 29.4 Å². The summed E-state index contributed by atoms with van der Waals surface area (Å²) < 4.78 is 6.36. The third-order valence-corrected chi connectivity index (χ3v) is 5.51. The Balaban J connectivity index is 2.30. The van der Waals surface area contributed by atoms with Gasteiger partial charge < -0.3 is 9.63 Å². The van der Waals surface area contributed by atoms with Crippen molar-refractivity contribution in [3.05, 3.63) is 44.3 Å². The number of hydrogen-bond acceptors (Lipinski definition) is 4. The minimum absolute atomic E-state index is 0.103. The van der Waals surface area contributed by atoms with E-state index >= 15 is 0 Å². The summed E-state index contributed by atoms with van der Waals surface area (Å²) in [6.45, 7) is 0. The standard InChI is InChI=1S/C14H5Br2NO3/c15-9-10(16)13(19)8-7-11(9)17-20-14(7)6-4-2-1-3-5(6)12(8)18/h1-4,19H. The first-order valence-corrected chi connectivity index (χ1v) is 7.33. The Hall–Kier alpha value is -1.66. The fraction of sp³-hybridized carbons (Fsp3) is 0. The van der Waals surface area contributed by atoms with Crippen molar-refractivity contribution in [3.63, 3.8) is 0 Å². The SMILES string of the molecule is O=C1c2ccccc2-c2onc3c(Br)c(Br)c(O)c1c23. The van der Waals surface area contributed by atoms with Gasteiger partial charge in [0.1, 0.15) is 11.3 Å². The average molecular weight is 395 g/mol. The number of hydrogen-bond donors (Lipinski definition) is 1. The van der Waals surface area contributed by atoms with Gasteiger partial charge in [0.15, 0.2) is 11.5 Å². The van der Waals surface area contributed by atoms with Crippen LogP contribution in [0, 0.1) is 0 Å². The van der Waals surface area contributed by atoms with E-state index in [4.69, 9.17) is 4.52 Å². The molecule has 6 heteroatoms. The monoisotopic (exact) mass is 393 g/mol. The van der Waals surface area contributed by atoms with E-state index in [1.807, 2.05) is 12.1 Å². The number of nitrogens with zero attached hydrogens (tertiary/aromatic N) is 1. The lowest BCUT2D eigenvalue weighted by atomic mass is 9.87. The molecule has 0 amide bonds. The van der Waals surface area contributed by atoms with Crippen molar-refractivity contribution < 1.29 is 14.4 Å². The summed E-state index contributed by atoms with van der Waals surface area (Å²) in [5.74, 6) is 0.175. The summed E-state index contributed by atoms with van der Waals surface area (Å²) in [5.41, 5.74) is 1.94. The molecule has 0 bridgehead atoms. The third-order valence-electron chi connectivity index (χ3n) is 3.43. The number of phenols is 1. The van der Waals surface area contributed by atoms with Gasteiger partial charge in [-0.15, -0.1) is 0 Å². The van der Waals surface area contributed by atoms with Crippen molar-refractivity contribution in [1.82, 2.24) is 5.16 Å². The maximum atomic E-state index is 12.6. The zero-order chi connectivity index (χ0) is 14.0. The highest BCUT2D eigenvalue weighted by Crippen LogP contribution is 2.48. The molecule has 0 radical (unpaired) electrons. The van der Waals surface area contributed by atoms with Crippen LogP contribution in [0.25, 0.3) is 22.2 Å². The van der Waals surface area contributed by atoms with Crippen LogP contribution in [0.2, 0.25) is 0 Å². The number of halogens is 2. The molecule has 3 aromatic rings. The molecule has 0 unspecified atom stereocenters. The van der Waals surface area contributed by atoms with Crippen LogP contribution < -0.4 is 0 Å². The first-order chi connectivity index (χ1) is 9.61. The summed E-state index contributed by atoms with van der Waals surface area (Å²) in [6.07, 6.45) is 0. The van der Waals surface area contributed by atoms with Crippen LogP contribution in [0.3, 0.4) is 0 Å². The molecule has 1 aliphatic carbocycles. The average Bonchev–Trinajstić information content (AvgIpc) is 2.89. The largest absolute Gasteiger partial charge is 0.506 e. The van der Waals surface area contributed by atoms with E-state index in [2.05, 4.69) is 37.0 Å².